The number of carbonyl (C=O) groups excluding carboxylic acids is 1. The van der Waals surface area contributed by atoms with Crippen LogP contribution in [-0.4, -0.2) is 21.0 Å². The van der Waals surface area contributed by atoms with Gasteiger partial charge < -0.3 is 4.74 Å². The van der Waals surface area contributed by atoms with Crippen LogP contribution in [0.15, 0.2) is 10.3 Å². The molecule has 0 amide bonds. The van der Waals surface area contributed by atoms with E-state index in [2.05, 4.69) is 0 Å². The molecule has 0 radical (unpaired) electrons. The molecule has 0 aliphatic rings. The Bertz CT molecular complexity index is 504. The molecule has 1 rings (SSSR count). The van der Waals surface area contributed by atoms with E-state index in [1.54, 1.807) is 0 Å². The lowest BCUT2D eigenvalue weighted by Gasteiger charge is -2.04. The molecule has 0 atom stereocenters. The number of nitrogens with two attached hydrogens (primary N) is 1. The van der Waals surface area contributed by atoms with Crippen molar-refractivity contribution in [1.82, 2.24) is 0 Å². The largest absolute Gasteiger partial charge is 0.462 e. The standard InChI is InChI=1S/C10H15NO4S2/c1-3-5-15-10(12)7-6-16-8(4-2)9(7)17(11,13)14/h6H,3-5H2,1-2H3,(H2,11,13,14). The summed E-state index contributed by atoms with van der Waals surface area (Å²) in [6.45, 7) is 3.93. The summed E-state index contributed by atoms with van der Waals surface area (Å²) in [7, 11) is -3.89. The van der Waals surface area contributed by atoms with Crippen LogP contribution in [0.4, 0.5) is 0 Å². The van der Waals surface area contributed by atoms with Gasteiger partial charge in [0.25, 0.3) is 0 Å². The van der Waals surface area contributed by atoms with Gasteiger partial charge in [-0.05, 0) is 12.8 Å². The number of aryl methyl sites for hydroxylation is 1. The SMILES string of the molecule is CCCOC(=O)c1csc(CC)c1S(N)(=O)=O. The van der Waals surface area contributed by atoms with Crippen molar-refractivity contribution in [1.29, 1.82) is 0 Å². The number of primary sulfonamides is 1. The van der Waals surface area contributed by atoms with E-state index in [0.717, 1.165) is 0 Å². The molecule has 1 heterocycles. The zero-order chi connectivity index (χ0) is 13.1. The van der Waals surface area contributed by atoms with Crippen molar-refractivity contribution in [3.63, 3.8) is 0 Å². The second-order valence-electron chi connectivity index (χ2n) is 3.44. The van der Waals surface area contributed by atoms with Crippen molar-refractivity contribution in [3.8, 4) is 0 Å². The van der Waals surface area contributed by atoms with Gasteiger partial charge in [-0.15, -0.1) is 11.3 Å². The highest BCUT2D eigenvalue weighted by Gasteiger charge is 2.25. The summed E-state index contributed by atoms with van der Waals surface area (Å²) >= 11 is 1.20. The van der Waals surface area contributed by atoms with Crippen molar-refractivity contribution >= 4 is 27.3 Å². The molecule has 0 fully saturated rings. The Morgan fingerprint density at radius 2 is 2.12 bits per heavy atom. The molecule has 0 aromatic carbocycles. The molecule has 5 nitrogen and oxygen atoms in total. The molecule has 96 valence electrons. The molecule has 7 heteroatoms. The van der Waals surface area contributed by atoms with Gasteiger partial charge in [0.05, 0.1) is 12.2 Å². The highest BCUT2D eigenvalue weighted by molar-refractivity contribution is 7.89. The first kappa shape index (κ1) is 14.1. The summed E-state index contributed by atoms with van der Waals surface area (Å²) in [5, 5.41) is 6.60. The van der Waals surface area contributed by atoms with E-state index in [9.17, 15) is 13.2 Å². The predicted molar refractivity (Wildman–Crippen MR) is 65.6 cm³/mol. The Morgan fingerprint density at radius 1 is 1.47 bits per heavy atom. The number of hydrogen-bond donors (Lipinski definition) is 1. The molecule has 1 aromatic heterocycles. The number of hydrogen-bond acceptors (Lipinski definition) is 5. The van der Waals surface area contributed by atoms with Crippen LogP contribution in [0, 0.1) is 0 Å². The lowest BCUT2D eigenvalue weighted by molar-refractivity contribution is 0.0501. The van der Waals surface area contributed by atoms with Gasteiger partial charge >= 0.3 is 5.97 Å². The van der Waals surface area contributed by atoms with Crippen LogP contribution in [-0.2, 0) is 21.2 Å². The van der Waals surface area contributed by atoms with E-state index >= 15 is 0 Å². The first-order valence-electron chi connectivity index (χ1n) is 5.22. The lowest BCUT2D eigenvalue weighted by Crippen LogP contribution is -2.18. The molecule has 0 aliphatic carbocycles. The Morgan fingerprint density at radius 3 is 2.59 bits per heavy atom. The number of thiophene rings is 1. The molecule has 2 N–H and O–H groups in total. The molecule has 0 aliphatic heterocycles. The fourth-order valence-corrected chi connectivity index (χ4v) is 3.69. The maximum Gasteiger partial charge on any atom is 0.340 e. The number of rotatable bonds is 5. The fourth-order valence-electron chi connectivity index (χ4n) is 1.36. The highest BCUT2D eigenvalue weighted by Crippen LogP contribution is 2.27. The van der Waals surface area contributed by atoms with Gasteiger partial charge in [0, 0.05) is 10.3 Å². The van der Waals surface area contributed by atoms with Crippen LogP contribution < -0.4 is 5.14 Å². The third-order valence-electron chi connectivity index (χ3n) is 2.08. The maximum atomic E-state index is 11.7. The summed E-state index contributed by atoms with van der Waals surface area (Å²) < 4.78 is 27.8. The average molecular weight is 277 g/mol. The minimum Gasteiger partial charge on any atom is -0.462 e. The third-order valence-corrected chi connectivity index (χ3v) is 4.38. The van der Waals surface area contributed by atoms with Gasteiger partial charge in [0.1, 0.15) is 4.90 Å². The number of carbonyl (C=O) groups is 1. The Kier molecular flexibility index (Phi) is 4.67. The van der Waals surface area contributed by atoms with E-state index in [-0.39, 0.29) is 17.1 Å². The minimum absolute atomic E-state index is 0.0443. The quantitative estimate of drug-likeness (QED) is 0.827. The monoisotopic (exact) mass is 277 g/mol. The van der Waals surface area contributed by atoms with Crippen molar-refractivity contribution in [2.75, 3.05) is 6.61 Å². The molecule has 0 spiro atoms. The number of esters is 1. The van der Waals surface area contributed by atoms with Crippen molar-refractivity contribution < 1.29 is 17.9 Å². The molecule has 0 saturated carbocycles. The summed E-state index contributed by atoms with van der Waals surface area (Å²) in [5.74, 6) is -0.633. The number of sulfonamides is 1. The summed E-state index contributed by atoms with van der Waals surface area (Å²) in [5.41, 5.74) is 0.0443. The van der Waals surface area contributed by atoms with Gasteiger partial charge in [-0.2, -0.15) is 0 Å². The molecule has 0 bridgehead atoms. The van der Waals surface area contributed by atoms with Gasteiger partial charge in [-0.1, -0.05) is 13.8 Å². The molecule has 1 aromatic rings. The van der Waals surface area contributed by atoms with E-state index < -0.39 is 16.0 Å². The molecule has 17 heavy (non-hydrogen) atoms. The topological polar surface area (TPSA) is 86.5 Å². The van der Waals surface area contributed by atoms with Crippen LogP contribution in [0.3, 0.4) is 0 Å². The fraction of sp³-hybridized carbons (Fsp3) is 0.500. The van der Waals surface area contributed by atoms with Crippen LogP contribution >= 0.6 is 11.3 Å². The normalized spacial score (nSPS) is 11.5. The van der Waals surface area contributed by atoms with E-state index in [4.69, 9.17) is 9.88 Å². The van der Waals surface area contributed by atoms with Crippen molar-refractivity contribution in [2.45, 2.75) is 31.6 Å². The summed E-state index contributed by atoms with van der Waals surface area (Å²) in [6.07, 6.45) is 1.19. The summed E-state index contributed by atoms with van der Waals surface area (Å²) in [4.78, 5) is 12.2. The second kappa shape index (κ2) is 5.61. The smallest absolute Gasteiger partial charge is 0.340 e. The average Bonchev–Trinajstić information content (AvgIpc) is 2.69. The number of ether oxygens (including phenoxy) is 1. The minimum atomic E-state index is -3.89. The van der Waals surface area contributed by atoms with Crippen molar-refractivity contribution in [2.24, 2.45) is 5.14 Å². The lowest BCUT2D eigenvalue weighted by atomic mass is 10.3. The summed E-state index contributed by atoms with van der Waals surface area (Å²) in [6, 6.07) is 0. The maximum absolute atomic E-state index is 11.7. The van der Waals surface area contributed by atoms with E-state index in [1.807, 2.05) is 13.8 Å². The Balaban J connectivity index is 3.17. The molecule has 0 saturated heterocycles. The first-order chi connectivity index (χ1) is 7.91. The van der Waals surface area contributed by atoms with Crippen molar-refractivity contribution in [3.05, 3.63) is 15.8 Å². The predicted octanol–water partition coefficient (Wildman–Crippen LogP) is 1.52. The molecular formula is C10H15NO4S2. The van der Waals surface area contributed by atoms with E-state index in [1.165, 1.54) is 16.7 Å². The Labute approximate surface area is 105 Å². The van der Waals surface area contributed by atoms with Crippen LogP contribution in [0.5, 0.6) is 0 Å². The second-order valence-corrected chi connectivity index (χ2v) is 5.90. The first-order valence-corrected chi connectivity index (χ1v) is 7.64. The zero-order valence-corrected chi connectivity index (χ0v) is 11.4. The molecular weight excluding hydrogens is 262 g/mol. The van der Waals surface area contributed by atoms with Gasteiger partial charge in [-0.25, -0.2) is 18.4 Å². The van der Waals surface area contributed by atoms with E-state index in [0.29, 0.717) is 17.7 Å². The third kappa shape index (κ3) is 3.27. The highest BCUT2D eigenvalue weighted by atomic mass is 32.2. The van der Waals surface area contributed by atoms with Crippen LogP contribution in [0.1, 0.15) is 35.5 Å². The van der Waals surface area contributed by atoms with Gasteiger partial charge in [-0.3, -0.25) is 0 Å². The van der Waals surface area contributed by atoms with Crippen LogP contribution in [0.25, 0.3) is 0 Å². The van der Waals surface area contributed by atoms with Gasteiger partial charge in [0.2, 0.25) is 10.0 Å². The Hall–Kier alpha value is -0.920. The zero-order valence-electron chi connectivity index (χ0n) is 9.73. The van der Waals surface area contributed by atoms with Crippen LogP contribution in [0.2, 0.25) is 0 Å². The molecule has 0 unspecified atom stereocenters. The van der Waals surface area contributed by atoms with Gasteiger partial charge in [0.15, 0.2) is 0 Å².